The van der Waals surface area contributed by atoms with Crippen LogP contribution in [0.15, 0.2) is 0 Å². The zero-order valence-corrected chi connectivity index (χ0v) is 41.3. The van der Waals surface area contributed by atoms with Crippen LogP contribution in [0, 0.1) is 17.8 Å². The Morgan fingerprint density at radius 2 is 0.483 bits per heavy atom. The second-order valence-electron chi connectivity index (χ2n) is 19.9. The van der Waals surface area contributed by atoms with E-state index in [9.17, 15) is 14.4 Å². The van der Waals surface area contributed by atoms with Gasteiger partial charge in [-0.2, -0.15) is 0 Å². The van der Waals surface area contributed by atoms with E-state index in [4.69, 9.17) is 14.2 Å². The van der Waals surface area contributed by atoms with Gasteiger partial charge in [-0.1, -0.05) is 253 Å². The van der Waals surface area contributed by atoms with E-state index < -0.39 is 6.10 Å². The predicted octanol–water partition coefficient (Wildman–Crippen LogP) is 17.2. The molecular weight excluding hydrogens is 745 g/mol. The lowest BCUT2D eigenvalue weighted by Gasteiger charge is -2.18. The molecule has 0 aliphatic heterocycles. The van der Waals surface area contributed by atoms with Crippen molar-refractivity contribution in [2.75, 3.05) is 13.2 Å². The molecule has 0 heterocycles. The monoisotopic (exact) mass is 849 g/mol. The van der Waals surface area contributed by atoms with Gasteiger partial charge in [0.2, 0.25) is 0 Å². The highest BCUT2D eigenvalue weighted by atomic mass is 16.6. The van der Waals surface area contributed by atoms with Crippen LogP contribution in [0.4, 0.5) is 0 Å². The summed E-state index contributed by atoms with van der Waals surface area (Å²) >= 11 is 0. The normalized spacial score (nSPS) is 12.2. The second-order valence-corrected chi connectivity index (χ2v) is 19.9. The fourth-order valence-corrected chi connectivity index (χ4v) is 8.12. The van der Waals surface area contributed by atoms with Crippen LogP contribution in [-0.4, -0.2) is 37.2 Å². The number of carbonyl (C=O) groups excluding carboxylic acids is 3. The molecule has 0 rings (SSSR count). The highest BCUT2D eigenvalue weighted by Crippen LogP contribution is 2.18. The maximum absolute atomic E-state index is 12.7. The van der Waals surface area contributed by atoms with E-state index in [0.717, 1.165) is 75.5 Å². The summed E-state index contributed by atoms with van der Waals surface area (Å²) in [6.07, 6.45) is 45.4. The third-order valence-electron chi connectivity index (χ3n) is 12.1. The van der Waals surface area contributed by atoms with E-state index in [2.05, 4.69) is 41.5 Å². The molecule has 0 spiro atoms. The molecule has 0 saturated carbocycles. The van der Waals surface area contributed by atoms with E-state index in [-0.39, 0.29) is 31.1 Å². The zero-order valence-electron chi connectivity index (χ0n) is 41.3. The van der Waals surface area contributed by atoms with Crippen LogP contribution in [0.1, 0.15) is 292 Å². The van der Waals surface area contributed by atoms with E-state index in [0.29, 0.717) is 19.3 Å². The molecule has 6 nitrogen and oxygen atoms in total. The van der Waals surface area contributed by atoms with Crippen molar-refractivity contribution in [3.05, 3.63) is 0 Å². The van der Waals surface area contributed by atoms with Crippen molar-refractivity contribution < 1.29 is 28.6 Å². The van der Waals surface area contributed by atoms with Gasteiger partial charge in [-0.3, -0.25) is 14.4 Å². The minimum atomic E-state index is -0.763. The Balaban J connectivity index is 4.22. The van der Waals surface area contributed by atoms with Crippen molar-refractivity contribution >= 4 is 17.9 Å². The summed E-state index contributed by atoms with van der Waals surface area (Å²) in [5, 5.41) is 0. The van der Waals surface area contributed by atoms with Crippen molar-refractivity contribution in [1.29, 1.82) is 0 Å². The van der Waals surface area contributed by atoms with E-state index in [1.165, 1.54) is 173 Å². The van der Waals surface area contributed by atoms with Gasteiger partial charge in [0.1, 0.15) is 13.2 Å². The van der Waals surface area contributed by atoms with Gasteiger partial charge in [0, 0.05) is 19.3 Å². The van der Waals surface area contributed by atoms with Crippen LogP contribution in [-0.2, 0) is 28.6 Å². The van der Waals surface area contributed by atoms with Gasteiger partial charge in [-0.25, -0.2) is 0 Å². The SMILES string of the molecule is CC(C)CCCCCCCCCCCCCCCCCC(=O)OC[C@@H](COC(=O)CCCCCCCCCCCCCCC(C)C)OC(=O)CCCCCCCCC(C)C. The van der Waals surface area contributed by atoms with E-state index in [1.807, 2.05) is 0 Å². The number of carbonyl (C=O) groups is 3. The first-order chi connectivity index (χ1) is 29.1. The fourth-order valence-electron chi connectivity index (χ4n) is 8.12. The van der Waals surface area contributed by atoms with Crippen LogP contribution < -0.4 is 0 Å². The molecule has 0 aromatic carbocycles. The van der Waals surface area contributed by atoms with Gasteiger partial charge in [0.05, 0.1) is 0 Å². The van der Waals surface area contributed by atoms with Crippen LogP contribution in [0.25, 0.3) is 0 Å². The molecule has 0 aromatic heterocycles. The van der Waals surface area contributed by atoms with Crippen LogP contribution in [0.2, 0.25) is 0 Å². The Bertz CT molecular complexity index is 929. The fraction of sp³-hybridized carbons (Fsp3) is 0.944. The molecule has 6 heteroatoms. The van der Waals surface area contributed by atoms with Gasteiger partial charge in [-0.05, 0) is 37.0 Å². The third kappa shape index (κ3) is 47.5. The van der Waals surface area contributed by atoms with Crippen molar-refractivity contribution in [3.8, 4) is 0 Å². The molecule has 0 N–H and O–H groups in total. The molecule has 60 heavy (non-hydrogen) atoms. The summed E-state index contributed by atoms with van der Waals surface area (Å²) in [4.78, 5) is 37.9. The molecule has 0 radical (unpaired) electrons. The predicted molar refractivity (Wildman–Crippen MR) is 256 cm³/mol. The standard InChI is InChI=1S/C54H104O6/c1-48(2)40-34-28-22-18-14-10-8-7-9-11-16-20-24-31-37-43-52(55)58-46-51(60-54(57)45-39-33-27-26-30-36-42-50(5)6)47-59-53(56)44-38-32-25-21-17-13-12-15-19-23-29-35-41-49(3)4/h48-51H,7-47H2,1-6H3/t51-/m0/s1. The minimum absolute atomic E-state index is 0.0653. The highest BCUT2D eigenvalue weighted by Gasteiger charge is 2.19. The average molecular weight is 849 g/mol. The number of hydrogen-bond acceptors (Lipinski definition) is 6. The van der Waals surface area contributed by atoms with E-state index >= 15 is 0 Å². The molecule has 0 fully saturated rings. The lowest BCUT2D eigenvalue weighted by Crippen LogP contribution is -2.30. The van der Waals surface area contributed by atoms with Gasteiger partial charge in [0.25, 0.3) is 0 Å². The molecule has 0 aromatic rings. The Hall–Kier alpha value is -1.59. The molecular formula is C54H104O6. The molecule has 0 aliphatic rings. The van der Waals surface area contributed by atoms with Crippen LogP contribution >= 0.6 is 0 Å². The highest BCUT2D eigenvalue weighted by molar-refractivity contribution is 5.71. The molecule has 1 atom stereocenters. The number of ether oxygens (including phenoxy) is 3. The Morgan fingerprint density at radius 3 is 0.717 bits per heavy atom. The van der Waals surface area contributed by atoms with E-state index in [1.54, 1.807) is 0 Å². The van der Waals surface area contributed by atoms with Crippen molar-refractivity contribution in [2.45, 2.75) is 298 Å². The zero-order chi connectivity index (χ0) is 44.2. The van der Waals surface area contributed by atoms with Gasteiger partial charge in [0.15, 0.2) is 6.10 Å². The molecule has 0 bridgehead atoms. The quantitative estimate of drug-likeness (QED) is 0.0345. The lowest BCUT2D eigenvalue weighted by molar-refractivity contribution is -0.167. The topological polar surface area (TPSA) is 78.9 Å². The van der Waals surface area contributed by atoms with Gasteiger partial charge >= 0.3 is 17.9 Å². The Labute approximate surface area is 374 Å². The summed E-state index contributed by atoms with van der Waals surface area (Å²) < 4.78 is 16.8. The second kappa shape index (κ2) is 45.4. The first-order valence-electron chi connectivity index (χ1n) is 26.6. The number of hydrogen-bond donors (Lipinski definition) is 0. The van der Waals surface area contributed by atoms with Crippen LogP contribution in [0.3, 0.4) is 0 Å². The number of esters is 3. The Morgan fingerprint density at radius 1 is 0.283 bits per heavy atom. The average Bonchev–Trinajstić information content (AvgIpc) is 3.20. The first kappa shape index (κ1) is 58.4. The van der Waals surface area contributed by atoms with Gasteiger partial charge < -0.3 is 14.2 Å². The lowest BCUT2D eigenvalue weighted by atomic mass is 10.0. The maximum atomic E-state index is 12.7. The molecule has 0 amide bonds. The first-order valence-corrected chi connectivity index (χ1v) is 26.6. The summed E-state index contributed by atoms with van der Waals surface area (Å²) in [5.74, 6) is 1.59. The smallest absolute Gasteiger partial charge is 0.306 e. The number of rotatable bonds is 47. The molecule has 0 unspecified atom stereocenters. The summed E-state index contributed by atoms with van der Waals surface area (Å²) in [6.45, 7) is 13.7. The summed E-state index contributed by atoms with van der Waals surface area (Å²) in [6, 6.07) is 0. The summed E-state index contributed by atoms with van der Waals surface area (Å²) in [5.41, 5.74) is 0. The van der Waals surface area contributed by atoms with Crippen molar-refractivity contribution in [2.24, 2.45) is 17.8 Å². The minimum Gasteiger partial charge on any atom is -0.462 e. The molecule has 356 valence electrons. The van der Waals surface area contributed by atoms with Crippen LogP contribution in [0.5, 0.6) is 0 Å². The van der Waals surface area contributed by atoms with Gasteiger partial charge in [-0.15, -0.1) is 0 Å². The number of unbranched alkanes of at least 4 members (excludes halogenated alkanes) is 30. The molecule has 0 aliphatic carbocycles. The third-order valence-corrected chi connectivity index (χ3v) is 12.1. The molecule has 0 saturated heterocycles. The van der Waals surface area contributed by atoms with Crippen molar-refractivity contribution in [3.63, 3.8) is 0 Å². The van der Waals surface area contributed by atoms with Crippen molar-refractivity contribution in [1.82, 2.24) is 0 Å². The largest absolute Gasteiger partial charge is 0.462 e. The summed E-state index contributed by atoms with van der Waals surface area (Å²) in [7, 11) is 0. The Kier molecular flexibility index (Phi) is 44.2. The maximum Gasteiger partial charge on any atom is 0.306 e.